The molecule has 0 fully saturated rings. The summed E-state index contributed by atoms with van der Waals surface area (Å²) in [7, 11) is 0. The minimum Gasteiger partial charge on any atom is -1.00 e. The Hall–Kier alpha value is 0.162. The van der Waals surface area contributed by atoms with Gasteiger partial charge in [-0.1, -0.05) is 65.8 Å². The normalized spacial score (nSPS) is 11.4. The molecule has 0 radical (unpaired) electrons. The molecular formula is C20H24I2N2Pd. The van der Waals surface area contributed by atoms with Crippen LogP contribution in [0.3, 0.4) is 0 Å². The van der Waals surface area contributed by atoms with Crippen LogP contribution in [0.2, 0.25) is 0 Å². The maximum absolute atomic E-state index is 4.94. The SMILES string of the molecule is CC(C)(C)c1ccc2ccc3ccc(C(C)(C)C)nc3c2n1.[I-].[I-].[Pd+2]. The maximum Gasteiger partial charge on any atom is 2.00 e. The Morgan fingerprint density at radius 1 is 0.560 bits per heavy atom. The number of rotatable bonds is 0. The van der Waals surface area contributed by atoms with E-state index in [1.54, 1.807) is 0 Å². The molecule has 0 unspecified atom stereocenters. The van der Waals surface area contributed by atoms with Crippen LogP contribution in [-0.2, 0) is 31.3 Å². The van der Waals surface area contributed by atoms with E-state index in [0.717, 1.165) is 33.2 Å². The summed E-state index contributed by atoms with van der Waals surface area (Å²) in [6.45, 7) is 13.2. The van der Waals surface area contributed by atoms with Gasteiger partial charge in [-0.15, -0.1) is 0 Å². The van der Waals surface area contributed by atoms with Crippen molar-refractivity contribution in [3.8, 4) is 0 Å². The molecule has 2 aromatic heterocycles. The van der Waals surface area contributed by atoms with Gasteiger partial charge in [0, 0.05) is 33.0 Å². The molecule has 0 spiro atoms. The summed E-state index contributed by atoms with van der Waals surface area (Å²) in [5.41, 5.74) is 4.31. The van der Waals surface area contributed by atoms with Crippen molar-refractivity contribution in [1.29, 1.82) is 0 Å². The Morgan fingerprint density at radius 2 is 0.840 bits per heavy atom. The van der Waals surface area contributed by atoms with E-state index in [0.29, 0.717) is 0 Å². The van der Waals surface area contributed by atoms with Crippen molar-refractivity contribution in [1.82, 2.24) is 9.97 Å². The minimum absolute atomic E-state index is 0. The van der Waals surface area contributed by atoms with Gasteiger partial charge in [-0.05, 0) is 12.1 Å². The van der Waals surface area contributed by atoms with Crippen LogP contribution in [0.15, 0.2) is 36.4 Å². The minimum atomic E-state index is 0. The summed E-state index contributed by atoms with van der Waals surface area (Å²) in [5.74, 6) is 0. The Bertz CT molecular complexity index is 792. The Labute approximate surface area is 198 Å². The first-order valence-electron chi connectivity index (χ1n) is 7.88. The van der Waals surface area contributed by atoms with Gasteiger partial charge in [0.15, 0.2) is 0 Å². The van der Waals surface area contributed by atoms with Gasteiger partial charge in [0.25, 0.3) is 0 Å². The molecule has 0 aliphatic rings. The molecule has 25 heavy (non-hydrogen) atoms. The van der Waals surface area contributed by atoms with Crippen LogP contribution in [-0.4, -0.2) is 9.97 Å². The van der Waals surface area contributed by atoms with Crippen molar-refractivity contribution in [2.75, 3.05) is 0 Å². The van der Waals surface area contributed by atoms with E-state index in [2.05, 4.69) is 77.9 Å². The monoisotopic (exact) mass is 652 g/mol. The first-order chi connectivity index (χ1) is 10.2. The van der Waals surface area contributed by atoms with E-state index in [-0.39, 0.29) is 79.2 Å². The van der Waals surface area contributed by atoms with Crippen LogP contribution in [0.1, 0.15) is 52.9 Å². The third-order valence-corrected chi connectivity index (χ3v) is 4.06. The van der Waals surface area contributed by atoms with E-state index in [1.807, 2.05) is 0 Å². The molecular weight excluding hydrogens is 628 g/mol. The Balaban J connectivity index is 0.00000192. The van der Waals surface area contributed by atoms with Gasteiger partial charge in [-0.2, -0.15) is 0 Å². The average molecular weight is 653 g/mol. The second kappa shape index (κ2) is 8.90. The molecule has 3 rings (SSSR count). The maximum atomic E-state index is 4.94. The second-order valence-electron chi connectivity index (χ2n) is 8.10. The van der Waals surface area contributed by atoms with Crippen molar-refractivity contribution in [2.45, 2.75) is 52.4 Å². The molecule has 2 heterocycles. The number of fused-ring (bicyclic) bond motifs is 3. The molecule has 5 heteroatoms. The first-order valence-corrected chi connectivity index (χ1v) is 7.88. The van der Waals surface area contributed by atoms with Crippen LogP contribution in [0, 0.1) is 0 Å². The van der Waals surface area contributed by atoms with Crippen molar-refractivity contribution < 1.29 is 68.4 Å². The van der Waals surface area contributed by atoms with Crippen molar-refractivity contribution >= 4 is 21.8 Å². The fraction of sp³-hybridized carbons (Fsp3) is 0.400. The number of benzene rings is 1. The molecule has 3 aromatic rings. The zero-order chi connectivity index (χ0) is 16.1. The fourth-order valence-corrected chi connectivity index (χ4v) is 2.60. The van der Waals surface area contributed by atoms with Gasteiger partial charge in [-0.25, -0.2) is 9.97 Å². The standard InChI is InChI=1S/C20H24N2.2HI.Pd/c1-19(2,3)15-11-9-13-7-8-14-10-12-16(20(4,5)6)22-18(14)17(13)21-15;;;/h7-12H,1-6H3;2*1H;/q;;;+2/p-2. The summed E-state index contributed by atoms with van der Waals surface area (Å²) in [5, 5.41) is 2.30. The van der Waals surface area contributed by atoms with Gasteiger partial charge in [-0.3, -0.25) is 0 Å². The molecule has 0 aliphatic heterocycles. The predicted molar refractivity (Wildman–Crippen MR) is 94.4 cm³/mol. The molecule has 0 amide bonds. The number of pyridine rings is 2. The average Bonchev–Trinajstić information content (AvgIpc) is 2.44. The number of hydrogen-bond acceptors (Lipinski definition) is 2. The molecule has 1 aromatic carbocycles. The van der Waals surface area contributed by atoms with E-state index < -0.39 is 0 Å². The molecule has 0 atom stereocenters. The van der Waals surface area contributed by atoms with Crippen LogP contribution in [0.4, 0.5) is 0 Å². The third kappa shape index (κ3) is 5.34. The van der Waals surface area contributed by atoms with E-state index in [4.69, 9.17) is 9.97 Å². The van der Waals surface area contributed by atoms with E-state index >= 15 is 0 Å². The summed E-state index contributed by atoms with van der Waals surface area (Å²) < 4.78 is 0. The summed E-state index contributed by atoms with van der Waals surface area (Å²) in [6.07, 6.45) is 0. The topological polar surface area (TPSA) is 25.8 Å². The summed E-state index contributed by atoms with van der Waals surface area (Å²) in [4.78, 5) is 9.87. The third-order valence-electron chi connectivity index (χ3n) is 4.06. The Morgan fingerprint density at radius 3 is 1.12 bits per heavy atom. The molecule has 138 valence electrons. The quantitative estimate of drug-likeness (QED) is 0.184. The van der Waals surface area contributed by atoms with Crippen molar-refractivity contribution in [2.24, 2.45) is 0 Å². The number of nitrogens with zero attached hydrogens (tertiary/aromatic N) is 2. The zero-order valence-corrected chi connectivity index (χ0v) is 21.3. The Kier molecular flexibility index (Phi) is 8.96. The van der Waals surface area contributed by atoms with E-state index in [1.165, 1.54) is 0 Å². The zero-order valence-electron chi connectivity index (χ0n) is 15.4. The van der Waals surface area contributed by atoms with Gasteiger partial charge in [0.05, 0.1) is 11.0 Å². The number of aromatic nitrogens is 2. The summed E-state index contributed by atoms with van der Waals surface area (Å²) >= 11 is 0. The molecule has 2 nitrogen and oxygen atoms in total. The van der Waals surface area contributed by atoms with Crippen molar-refractivity contribution in [3.63, 3.8) is 0 Å². The molecule has 0 saturated heterocycles. The van der Waals surface area contributed by atoms with Crippen molar-refractivity contribution in [3.05, 3.63) is 47.8 Å². The smallest absolute Gasteiger partial charge is 1.00 e. The number of halogens is 2. The van der Waals surface area contributed by atoms with E-state index in [9.17, 15) is 0 Å². The molecule has 0 N–H and O–H groups in total. The van der Waals surface area contributed by atoms with Crippen LogP contribution in [0.5, 0.6) is 0 Å². The summed E-state index contributed by atoms with van der Waals surface area (Å²) in [6, 6.07) is 12.8. The van der Waals surface area contributed by atoms with Gasteiger partial charge in [0.1, 0.15) is 0 Å². The second-order valence-corrected chi connectivity index (χ2v) is 8.10. The van der Waals surface area contributed by atoms with Crippen LogP contribution in [0.25, 0.3) is 21.8 Å². The number of hydrogen-bond donors (Lipinski definition) is 0. The molecule has 0 aliphatic carbocycles. The van der Waals surface area contributed by atoms with Gasteiger partial charge in [0.2, 0.25) is 0 Å². The predicted octanol–water partition coefficient (Wildman–Crippen LogP) is -0.616. The van der Waals surface area contributed by atoms with Crippen LogP contribution >= 0.6 is 0 Å². The first kappa shape index (κ1) is 25.2. The fourth-order valence-electron chi connectivity index (χ4n) is 2.60. The molecule has 0 saturated carbocycles. The molecule has 0 bridgehead atoms. The van der Waals surface area contributed by atoms with Gasteiger partial charge < -0.3 is 48.0 Å². The van der Waals surface area contributed by atoms with Crippen LogP contribution < -0.4 is 48.0 Å². The van der Waals surface area contributed by atoms with Gasteiger partial charge >= 0.3 is 20.4 Å². The largest absolute Gasteiger partial charge is 2.00 e.